The molecule has 0 atom stereocenters. The van der Waals surface area contributed by atoms with Crippen molar-refractivity contribution < 1.29 is 4.79 Å². The highest BCUT2D eigenvalue weighted by Crippen LogP contribution is 2.27. The van der Waals surface area contributed by atoms with E-state index in [1.54, 1.807) is 0 Å². The quantitative estimate of drug-likeness (QED) is 0.584. The number of hydrogen-bond donors (Lipinski definition) is 0. The van der Waals surface area contributed by atoms with Crippen molar-refractivity contribution in [2.45, 2.75) is 32.1 Å². The van der Waals surface area contributed by atoms with E-state index in [0.717, 1.165) is 0 Å². The topological polar surface area (TPSA) is 40.9 Å². The average molecular weight is 140 g/mol. The lowest BCUT2D eigenvalue weighted by atomic mass is 10.0. The largest absolute Gasteiger partial charge is 0.298 e. The molecule has 10 heavy (non-hydrogen) atoms. The van der Waals surface area contributed by atoms with Gasteiger partial charge < -0.3 is 0 Å². The SMILES string of the molecule is [NH]CC(=O)CC1CCCC1. The minimum absolute atomic E-state index is 0.0174. The van der Waals surface area contributed by atoms with Crippen molar-refractivity contribution in [2.75, 3.05) is 6.54 Å². The Kier molecular flexibility index (Phi) is 2.87. The monoisotopic (exact) mass is 140 g/mol. The van der Waals surface area contributed by atoms with Gasteiger partial charge in [-0.1, -0.05) is 25.7 Å². The minimum Gasteiger partial charge on any atom is -0.298 e. The highest BCUT2D eigenvalue weighted by molar-refractivity contribution is 5.80. The zero-order valence-corrected chi connectivity index (χ0v) is 6.23. The second kappa shape index (κ2) is 3.71. The summed E-state index contributed by atoms with van der Waals surface area (Å²) >= 11 is 0. The van der Waals surface area contributed by atoms with E-state index < -0.39 is 0 Å². The van der Waals surface area contributed by atoms with Crippen LogP contribution in [-0.2, 0) is 4.79 Å². The van der Waals surface area contributed by atoms with Crippen molar-refractivity contribution in [1.29, 1.82) is 0 Å². The molecule has 2 nitrogen and oxygen atoms in total. The molecule has 0 aromatic rings. The lowest BCUT2D eigenvalue weighted by Crippen LogP contribution is -2.09. The van der Waals surface area contributed by atoms with Gasteiger partial charge in [0.05, 0.1) is 6.54 Å². The molecule has 1 aliphatic rings. The molecule has 0 saturated heterocycles. The Morgan fingerprint density at radius 2 is 2.00 bits per heavy atom. The Hall–Kier alpha value is -0.370. The van der Waals surface area contributed by atoms with Crippen LogP contribution in [0, 0.1) is 5.92 Å². The third kappa shape index (κ3) is 2.10. The van der Waals surface area contributed by atoms with Crippen LogP contribution in [0.5, 0.6) is 0 Å². The fraction of sp³-hybridized carbons (Fsp3) is 0.875. The maximum atomic E-state index is 10.8. The Morgan fingerprint density at radius 3 is 2.50 bits per heavy atom. The molecule has 0 unspecified atom stereocenters. The summed E-state index contributed by atoms with van der Waals surface area (Å²) in [5, 5.41) is 0. The molecule has 0 amide bonds. The van der Waals surface area contributed by atoms with Gasteiger partial charge in [-0.2, -0.15) is 0 Å². The van der Waals surface area contributed by atoms with E-state index in [2.05, 4.69) is 0 Å². The molecular formula is C8H14NO. The fourth-order valence-corrected chi connectivity index (χ4v) is 1.61. The molecule has 0 aromatic heterocycles. The summed E-state index contributed by atoms with van der Waals surface area (Å²) in [5.74, 6) is 0.741. The van der Waals surface area contributed by atoms with Gasteiger partial charge in [0.15, 0.2) is 0 Å². The van der Waals surface area contributed by atoms with E-state index in [-0.39, 0.29) is 12.3 Å². The Morgan fingerprint density at radius 1 is 1.40 bits per heavy atom. The van der Waals surface area contributed by atoms with E-state index in [1.165, 1.54) is 25.7 Å². The summed E-state index contributed by atoms with van der Waals surface area (Å²) < 4.78 is 0. The second-order valence-electron chi connectivity index (χ2n) is 3.07. The maximum absolute atomic E-state index is 10.8. The summed E-state index contributed by atoms with van der Waals surface area (Å²) in [4.78, 5) is 10.8. The van der Waals surface area contributed by atoms with Gasteiger partial charge in [-0.15, -0.1) is 0 Å². The molecule has 0 heterocycles. The van der Waals surface area contributed by atoms with E-state index in [1.807, 2.05) is 0 Å². The maximum Gasteiger partial charge on any atom is 0.148 e. The summed E-state index contributed by atoms with van der Waals surface area (Å²) in [6.45, 7) is -0.0174. The van der Waals surface area contributed by atoms with Crippen LogP contribution in [0.25, 0.3) is 0 Å². The van der Waals surface area contributed by atoms with Gasteiger partial charge in [-0.3, -0.25) is 10.5 Å². The normalized spacial score (nSPS) is 19.7. The Balaban J connectivity index is 2.17. The van der Waals surface area contributed by atoms with Gasteiger partial charge in [0, 0.05) is 6.42 Å². The van der Waals surface area contributed by atoms with Crippen LogP contribution >= 0.6 is 0 Å². The molecule has 1 N–H and O–H groups in total. The van der Waals surface area contributed by atoms with Crippen LogP contribution in [0.3, 0.4) is 0 Å². The number of hydrogen-bond acceptors (Lipinski definition) is 1. The summed E-state index contributed by atoms with van der Waals surface area (Å²) in [5.41, 5.74) is 6.82. The molecule has 1 radical (unpaired) electrons. The van der Waals surface area contributed by atoms with Gasteiger partial charge in [0.25, 0.3) is 0 Å². The molecule has 2 heteroatoms. The zero-order chi connectivity index (χ0) is 7.40. The number of carbonyl (C=O) groups is 1. The third-order valence-electron chi connectivity index (χ3n) is 2.19. The van der Waals surface area contributed by atoms with Crippen molar-refractivity contribution in [3.63, 3.8) is 0 Å². The lowest BCUT2D eigenvalue weighted by molar-refractivity contribution is -0.118. The molecular weight excluding hydrogens is 126 g/mol. The third-order valence-corrected chi connectivity index (χ3v) is 2.19. The van der Waals surface area contributed by atoms with Crippen LogP contribution in [0.4, 0.5) is 0 Å². The van der Waals surface area contributed by atoms with Crippen molar-refractivity contribution in [3.8, 4) is 0 Å². The smallest absolute Gasteiger partial charge is 0.148 e. The van der Waals surface area contributed by atoms with Crippen LogP contribution in [0.1, 0.15) is 32.1 Å². The standard InChI is InChI=1S/C8H14NO/c9-6-8(10)5-7-3-1-2-4-7/h7,9H,1-6H2. The van der Waals surface area contributed by atoms with Gasteiger partial charge in [-0.05, 0) is 5.92 Å². The first kappa shape index (κ1) is 7.73. The van der Waals surface area contributed by atoms with Crippen LogP contribution < -0.4 is 5.73 Å². The molecule has 0 bridgehead atoms. The predicted molar refractivity (Wildman–Crippen MR) is 39.5 cm³/mol. The first-order valence-corrected chi connectivity index (χ1v) is 3.99. The number of rotatable bonds is 3. The number of carbonyl (C=O) groups excluding carboxylic acids is 1. The highest BCUT2D eigenvalue weighted by Gasteiger charge is 2.17. The van der Waals surface area contributed by atoms with Crippen molar-refractivity contribution >= 4 is 5.78 Å². The molecule has 1 saturated carbocycles. The minimum atomic E-state index is -0.0174. The van der Waals surface area contributed by atoms with Gasteiger partial charge >= 0.3 is 0 Å². The first-order valence-electron chi connectivity index (χ1n) is 3.99. The van der Waals surface area contributed by atoms with Crippen LogP contribution in [-0.4, -0.2) is 12.3 Å². The van der Waals surface area contributed by atoms with Crippen molar-refractivity contribution in [1.82, 2.24) is 5.73 Å². The Labute approximate surface area is 61.8 Å². The fourth-order valence-electron chi connectivity index (χ4n) is 1.61. The predicted octanol–water partition coefficient (Wildman–Crippen LogP) is 1.42. The molecule has 1 fully saturated rings. The second-order valence-corrected chi connectivity index (χ2v) is 3.07. The number of nitrogens with one attached hydrogen (secondary N) is 1. The zero-order valence-electron chi connectivity index (χ0n) is 6.23. The molecule has 1 rings (SSSR count). The van der Waals surface area contributed by atoms with Crippen molar-refractivity contribution in [2.24, 2.45) is 5.92 Å². The molecule has 57 valence electrons. The molecule has 0 aliphatic heterocycles. The molecule has 0 aromatic carbocycles. The number of ketones is 1. The average Bonchev–Trinajstić information content (AvgIpc) is 2.40. The van der Waals surface area contributed by atoms with Crippen LogP contribution in [0.15, 0.2) is 0 Å². The van der Waals surface area contributed by atoms with Crippen molar-refractivity contribution in [3.05, 3.63) is 0 Å². The summed E-state index contributed by atoms with van der Waals surface area (Å²) in [6.07, 6.45) is 5.67. The van der Waals surface area contributed by atoms with Crippen LogP contribution in [0.2, 0.25) is 0 Å². The highest BCUT2D eigenvalue weighted by atomic mass is 16.1. The molecule has 1 aliphatic carbocycles. The van der Waals surface area contributed by atoms with E-state index in [0.29, 0.717) is 12.3 Å². The lowest BCUT2D eigenvalue weighted by Gasteiger charge is -2.04. The van der Waals surface area contributed by atoms with Gasteiger partial charge in [0.2, 0.25) is 0 Å². The van der Waals surface area contributed by atoms with E-state index >= 15 is 0 Å². The molecule has 0 spiro atoms. The Bertz CT molecular complexity index is 116. The summed E-state index contributed by atoms with van der Waals surface area (Å²) in [7, 11) is 0. The van der Waals surface area contributed by atoms with Gasteiger partial charge in [-0.25, -0.2) is 0 Å². The summed E-state index contributed by atoms with van der Waals surface area (Å²) in [6, 6.07) is 0. The van der Waals surface area contributed by atoms with E-state index in [9.17, 15) is 4.79 Å². The van der Waals surface area contributed by atoms with Gasteiger partial charge in [0.1, 0.15) is 5.78 Å². The first-order chi connectivity index (χ1) is 4.83. The van der Waals surface area contributed by atoms with E-state index in [4.69, 9.17) is 5.73 Å². The number of Topliss-reactive ketones (excluding diaryl/α,β-unsaturated/α-hetero) is 1.